The number of anilines is 1. The molecule has 3 N–H and O–H groups in total. The number of rotatable bonds is 8. The van der Waals surface area contributed by atoms with Crippen LogP contribution in [0.5, 0.6) is 0 Å². The van der Waals surface area contributed by atoms with E-state index in [1.54, 1.807) is 30.4 Å². The van der Waals surface area contributed by atoms with E-state index in [0.29, 0.717) is 18.7 Å². The largest absolute Gasteiger partial charge is 0.452 e. The third-order valence-electron chi connectivity index (χ3n) is 3.44. The maximum atomic E-state index is 12.1. The lowest BCUT2D eigenvalue weighted by molar-refractivity contribution is -0.123. The van der Waals surface area contributed by atoms with Crippen LogP contribution < -0.4 is 16.0 Å². The molecule has 0 fully saturated rings. The molecule has 2 rings (SSSR count). The first kappa shape index (κ1) is 21.9. The number of benzene rings is 1. The highest BCUT2D eigenvalue weighted by atomic mass is 32.1. The Kier molecular flexibility index (Phi) is 8.64. The molecule has 0 saturated heterocycles. The van der Waals surface area contributed by atoms with Crippen LogP contribution in [-0.2, 0) is 20.7 Å². The molecule has 154 valence electrons. The minimum absolute atomic E-state index is 0.132. The van der Waals surface area contributed by atoms with Crippen LogP contribution in [0.25, 0.3) is 0 Å². The van der Waals surface area contributed by atoms with Crippen LogP contribution in [0.4, 0.5) is 15.3 Å². The van der Waals surface area contributed by atoms with E-state index in [4.69, 9.17) is 9.47 Å². The Morgan fingerprint density at radius 2 is 1.90 bits per heavy atom. The van der Waals surface area contributed by atoms with Crippen molar-refractivity contribution in [2.75, 3.05) is 25.1 Å². The zero-order chi connectivity index (χ0) is 21.1. The van der Waals surface area contributed by atoms with Crippen molar-refractivity contribution < 1.29 is 28.7 Å². The standard InChI is InChI=1S/C19H21N3O6S/c1-2-27-19(26)21-14-6-3-5-13(11-14)17(24)28-12-16(23)22-18(25)20-9-8-15-7-4-10-29-15/h3-7,10-11H,2,8-9,12H2,1H3,(H,21,26)(H2,20,22,23,25). The Bertz CT molecular complexity index is 853. The van der Waals surface area contributed by atoms with Crippen molar-refractivity contribution in [3.63, 3.8) is 0 Å². The molecule has 1 heterocycles. The Balaban J connectivity index is 1.72. The smallest absolute Gasteiger partial charge is 0.411 e. The van der Waals surface area contributed by atoms with Crippen molar-refractivity contribution in [1.82, 2.24) is 10.6 Å². The zero-order valence-electron chi connectivity index (χ0n) is 15.7. The molecule has 0 aliphatic rings. The molecule has 4 amide bonds. The summed E-state index contributed by atoms with van der Waals surface area (Å²) < 4.78 is 9.64. The summed E-state index contributed by atoms with van der Waals surface area (Å²) in [4.78, 5) is 48.0. The van der Waals surface area contributed by atoms with Gasteiger partial charge in [0.25, 0.3) is 5.91 Å². The number of hydrogen-bond acceptors (Lipinski definition) is 7. The van der Waals surface area contributed by atoms with Crippen molar-refractivity contribution in [3.8, 4) is 0 Å². The molecule has 1 aromatic carbocycles. The highest BCUT2D eigenvalue weighted by Crippen LogP contribution is 2.12. The van der Waals surface area contributed by atoms with Crippen molar-refractivity contribution in [2.45, 2.75) is 13.3 Å². The molecule has 0 unspecified atom stereocenters. The first-order chi connectivity index (χ1) is 14.0. The maximum Gasteiger partial charge on any atom is 0.411 e. The van der Waals surface area contributed by atoms with E-state index in [9.17, 15) is 19.2 Å². The predicted octanol–water partition coefficient (Wildman–Crippen LogP) is 2.54. The highest BCUT2D eigenvalue weighted by molar-refractivity contribution is 7.09. The van der Waals surface area contributed by atoms with E-state index < -0.39 is 30.6 Å². The number of carbonyl (C=O) groups excluding carboxylic acids is 4. The second-order valence-corrected chi connectivity index (χ2v) is 6.67. The topological polar surface area (TPSA) is 123 Å². The van der Waals surface area contributed by atoms with Crippen molar-refractivity contribution in [1.29, 1.82) is 0 Å². The summed E-state index contributed by atoms with van der Waals surface area (Å²) >= 11 is 1.58. The van der Waals surface area contributed by atoms with Crippen molar-refractivity contribution >= 4 is 41.0 Å². The lowest BCUT2D eigenvalue weighted by Crippen LogP contribution is -2.42. The van der Waals surface area contributed by atoms with Gasteiger partial charge in [0.05, 0.1) is 12.2 Å². The van der Waals surface area contributed by atoms with E-state index in [0.717, 1.165) is 4.88 Å². The molecule has 0 radical (unpaired) electrons. The number of imide groups is 1. The first-order valence-electron chi connectivity index (χ1n) is 8.79. The van der Waals surface area contributed by atoms with Crippen LogP contribution in [0.1, 0.15) is 22.2 Å². The Morgan fingerprint density at radius 1 is 1.07 bits per heavy atom. The van der Waals surface area contributed by atoms with E-state index in [1.165, 1.54) is 12.1 Å². The van der Waals surface area contributed by atoms with Crippen LogP contribution in [-0.4, -0.2) is 43.8 Å². The Labute approximate surface area is 171 Å². The maximum absolute atomic E-state index is 12.1. The molecule has 0 aliphatic carbocycles. The molecule has 10 heteroatoms. The first-order valence-corrected chi connectivity index (χ1v) is 9.67. The van der Waals surface area contributed by atoms with Crippen LogP contribution in [0, 0.1) is 0 Å². The Hall–Kier alpha value is -3.40. The lowest BCUT2D eigenvalue weighted by Gasteiger charge is -2.08. The van der Waals surface area contributed by atoms with E-state index in [-0.39, 0.29) is 12.2 Å². The lowest BCUT2D eigenvalue weighted by atomic mass is 10.2. The Morgan fingerprint density at radius 3 is 2.62 bits per heavy atom. The number of carbonyl (C=O) groups is 4. The van der Waals surface area contributed by atoms with Crippen LogP contribution >= 0.6 is 11.3 Å². The summed E-state index contributed by atoms with van der Waals surface area (Å²) in [5, 5.41) is 9.03. The molecule has 2 aromatic rings. The molecular formula is C19H21N3O6S. The van der Waals surface area contributed by atoms with Gasteiger partial charge in [0.1, 0.15) is 0 Å². The van der Waals surface area contributed by atoms with Gasteiger partial charge in [0.2, 0.25) is 0 Å². The third-order valence-corrected chi connectivity index (χ3v) is 4.38. The van der Waals surface area contributed by atoms with Crippen LogP contribution in [0.3, 0.4) is 0 Å². The van der Waals surface area contributed by atoms with E-state index >= 15 is 0 Å². The fourth-order valence-corrected chi connectivity index (χ4v) is 2.89. The number of hydrogen-bond donors (Lipinski definition) is 3. The molecule has 29 heavy (non-hydrogen) atoms. The fraction of sp³-hybridized carbons (Fsp3) is 0.263. The molecule has 0 aliphatic heterocycles. The summed E-state index contributed by atoms with van der Waals surface area (Å²) in [5.41, 5.74) is 0.472. The molecule has 0 spiro atoms. The van der Waals surface area contributed by atoms with E-state index in [1.807, 2.05) is 17.5 Å². The molecule has 1 aromatic heterocycles. The number of ether oxygens (including phenoxy) is 2. The van der Waals surface area contributed by atoms with Gasteiger partial charge in [-0.2, -0.15) is 0 Å². The van der Waals surface area contributed by atoms with Gasteiger partial charge in [-0.05, 0) is 43.0 Å². The third kappa shape index (κ3) is 8.01. The summed E-state index contributed by atoms with van der Waals surface area (Å²) in [6, 6.07) is 9.16. The van der Waals surface area contributed by atoms with Gasteiger partial charge >= 0.3 is 18.1 Å². The van der Waals surface area contributed by atoms with Crippen LogP contribution in [0.15, 0.2) is 41.8 Å². The second-order valence-electron chi connectivity index (χ2n) is 5.64. The highest BCUT2D eigenvalue weighted by Gasteiger charge is 2.13. The normalized spacial score (nSPS) is 9.97. The van der Waals surface area contributed by atoms with Gasteiger partial charge < -0.3 is 14.8 Å². The number of esters is 1. The molecule has 0 bridgehead atoms. The van der Waals surface area contributed by atoms with Crippen LogP contribution in [0.2, 0.25) is 0 Å². The summed E-state index contributed by atoms with van der Waals surface area (Å²) in [5.74, 6) is -1.53. The van der Waals surface area contributed by atoms with Crippen molar-refractivity contribution in [3.05, 3.63) is 52.2 Å². The van der Waals surface area contributed by atoms with Gasteiger partial charge in [-0.25, -0.2) is 14.4 Å². The average molecular weight is 419 g/mol. The summed E-state index contributed by atoms with van der Waals surface area (Å²) in [6.45, 7) is 1.64. The SMILES string of the molecule is CCOC(=O)Nc1cccc(C(=O)OCC(=O)NC(=O)NCCc2cccs2)c1. The van der Waals surface area contributed by atoms with Gasteiger partial charge in [0.15, 0.2) is 6.61 Å². The molecule has 9 nitrogen and oxygen atoms in total. The van der Waals surface area contributed by atoms with Gasteiger partial charge in [-0.1, -0.05) is 12.1 Å². The minimum Gasteiger partial charge on any atom is -0.452 e. The molecular weight excluding hydrogens is 398 g/mol. The summed E-state index contributed by atoms with van der Waals surface area (Å²) in [7, 11) is 0. The monoisotopic (exact) mass is 419 g/mol. The average Bonchev–Trinajstić information content (AvgIpc) is 3.20. The molecule has 0 atom stereocenters. The van der Waals surface area contributed by atoms with E-state index in [2.05, 4.69) is 16.0 Å². The van der Waals surface area contributed by atoms with Crippen molar-refractivity contribution in [2.24, 2.45) is 0 Å². The number of thiophene rings is 1. The van der Waals surface area contributed by atoms with Gasteiger partial charge in [-0.3, -0.25) is 15.4 Å². The fourth-order valence-electron chi connectivity index (χ4n) is 2.18. The number of nitrogens with one attached hydrogen (secondary N) is 3. The van der Waals surface area contributed by atoms with Gasteiger partial charge in [-0.15, -0.1) is 11.3 Å². The minimum atomic E-state index is -0.772. The van der Waals surface area contributed by atoms with Gasteiger partial charge in [0, 0.05) is 17.1 Å². The number of amides is 4. The summed E-state index contributed by atoms with van der Waals surface area (Å²) in [6.07, 6.45) is 0.00670. The second kappa shape index (κ2) is 11.4. The number of urea groups is 1. The zero-order valence-corrected chi connectivity index (χ0v) is 16.5. The quantitative estimate of drug-likeness (QED) is 0.565. The predicted molar refractivity (Wildman–Crippen MR) is 107 cm³/mol. The molecule has 0 saturated carbocycles.